The average Bonchev–Trinajstić information content (AvgIpc) is 2.46. The van der Waals surface area contributed by atoms with Crippen LogP contribution in [0.15, 0.2) is 18.9 Å². The van der Waals surface area contributed by atoms with Crippen LogP contribution in [0.25, 0.3) is 0 Å². The molecule has 1 unspecified atom stereocenters. The minimum Gasteiger partial charge on any atom is -0.480 e. The van der Waals surface area contributed by atoms with Crippen molar-refractivity contribution in [2.75, 3.05) is 13.2 Å². The van der Waals surface area contributed by atoms with Gasteiger partial charge >= 0.3 is 5.97 Å². The van der Waals surface area contributed by atoms with Crippen molar-refractivity contribution in [1.29, 1.82) is 0 Å². The molecule has 0 aliphatic heterocycles. The van der Waals surface area contributed by atoms with E-state index in [2.05, 4.69) is 21.9 Å². The molecule has 0 radical (unpaired) electrons. The van der Waals surface area contributed by atoms with Crippen molar-refractivity contribution in [1.82, 2.24) is 15.3 Å². The fourth-order valence-electron chi connectivity index (χ4n) is 1.49. The Kier molecular flexibility index (Phi) is 6.94. The summed E-state index contributed by atoms with van der Waals surface area (Å²) in [7, 11) is 0. The van der Waals surface area contributed by atoms with Gasteiger partial charge in [0, 0.05) is 5.92 Å². The fraction of sp³-hybridized carbons (Fsp3) is 0.429. The van der Waals surface area contributed by atoms with Gasteiger partial charge in [-0.3, -0.25) is 4.79 Å². The molecule has 0 aromatic carbocycles. The zero-order valence-electron chi connectivity index (χ0n) is 12.4. The molecule has 7 nitrogen and oxygen atoms in total. The molecular formula is C14H18ClN3O4. The van der Waals surface area contributed by atoms with Gasteiger partial charge in [0.25, 0.3) is 5.91 Å². The number of aromatic nitrogens is 2. The van der Waals surface area contributed by atoms with Crippen LogP contribution in [-0.2, 0) is 9.53 Å². The third kappa shape index (κ3) is 5.09. The van der Waals surface area contributed by atoms with Crippen LogP contribution in [0.1, 0.15) is 36.1 Å². The molecule has 0 aliphatic rings. The van der Waals surface area contributed by atoms with Crippen LogP contribution in [-0.4, -0.2) is 46.2 Å². The van der Waals surface area contributed by atoms with E-state index < -0.39 is 17.9 Å². The standard InChI is InChI=1S/C14H18ClN3O4/c1-4-5-22-7-10(14(20)21)17-13(19)11-9(15)6-16-12(18-11)8(2)3/h4,6,8,10H,1,5,7H2,2-3H3,(H,17,19)(H,20,21). The molecule has 120 valence electrons. The molecule has 22 heavy (non-hydrogen) atoms. The molecule has 1 amide bonds. The second kappa shape index (κ2) is 8.45. The van der Waals surface area contributed by atoms with Gasteiger partial charge in [0.2, 0.25) is 0 Å². The summed E-state index contributed by atoms with van der Waals surface area (Å²) < 4.78 is 5.06. The molecule has 1 heterocycles. The molecule has 0 saturated carbocycles. The highest BCUT2D eigenvalue weighted by molar-refractivity contribution is 6.33. The van der Waals surface area contributed by atoms with Crippen LogP contribution in [0.5, 0.6) is 0 Å². The van der Waals surface area contributed by atoms with Crippen LogP contribution in [0.2, 0.25) is 5.02 Å². The van der Waals surface area contributed by atoms with Gasteiger partial charge in [-0.15, -0.1) is 6.58 Å². The molecule has 2 N–H and O–H groups in total. The van der Waals surface area contributed by atoms with E-state index in [1.165, 1.54) is 12.3 Å². The topological polar surface area (TPSA) is 101 Å². The Bertz CT molecular complexity index is 563. The van der Waals surface area contributed by atoms with E-state index in [-0.39, 0.29) is 29.8 Å². The largest absolute Gasteiger partial charge is 0.480 e. The number of amides is 1. The van der Waals surface area contributed by atoms with Crippen molar-refractivity contribution < 1.29 is 19.4 Å². The predicted octanol–water partition coefficient (Wildman–Crippen LogP) is 1.64. The summed E-state index contributed by atoms with van der Waals surface area (Å²) in [4.78, 5) is 31.4. The molecule has 0 aliphatic carbocycles. The van der Waals surface area contributed by atoms with E-state index in [9.17, 15) is 9.59 Å². The highest BCUT2D eigenvalue weighted by atomic mass is 35.5. The van der Waals surface area contributed by atoms with Gasteiger partial charge in [-0.2, -0.15) is 0 Å². The molecule has 0 spiro atoms. The Morgan fingerprint density at radius 1 is 1.55 bits per heavy atom. The van der Waals surface area contributed by atoms with Crippen molar-refractivity contribution in [3.05, 3.63) is 35.4 Å². The molecule has 1 aromatic heterocycles. The average molecular weight is 328 g/mol. The number of carbonyl (C=O) groups is 2. The number of carbonyl (C=O) groups excluding carboxylic acids is 1. The van der Waals surface area contributed by atoms with Gasteiger partial charge in [-0.1, -0.05) is 31.5 Å². The first-order valence-corrected chi connectivity index (χ1v) is 6.99. The van der Waals surface area contributed by atoms with Crippen LogP contribution in [0, 0.1) is 0 Å². The van der Waals surface area contributed by atoms with Crippen LogP contribution in [0.3, 0.4) is 0 Å². The molecule has 1 aromatic rings. The van der Waals surface area contributed by atoms with Crippen molar-refractivity contribution in [3.8, 4) is 0 Å². The summed E-state index contributed by atoms with van der Waals surface area (Å²) in [6.07, 6.45) is 2.81. The number of hydrogen-bond donors (Lipinski definition) is 2. The third-order valence-electron chi connectivity index (χ3n) is 2.62. The van der Waals surface area contributed by atoms with Crippen molar-refractivity contribution in [3.63, 3.8) is 0 Å². The van der Waals surface area contributed by atoms with E-state index in [1.807, 2.05) is 13.8 Å². The minimum absolute atomic E-state index is 0.00927. The molecule has 0 bridgehead atoms. The lowest BCUT2D eigenvalue weighted by molar-refractivity contribution is -0.140. The first-order valence-electron chi connectivity index (χ1n) is 6.61. The number of nitrogens with zero attached hydrogens (tertiary/aromatic N) is 2. The summed E-state index contributed by atoms with van der Waals surface area (Å²) in [6, 6.07) is -1.21. The summed E-state index contributed by atoms with van der Waals surface area (Å²) in [5, 5.41) is 11.5. The Hall–Kier alpha value is -1.99. The van der Waals surface area contributed by atoms with Gasteiger partial charge in [-0.05, 0) is 0 Å². The van der Waals surface area contributed by atoms with Crippen LogP contribution in [0.4, 0.5) is 0 Å². The maximum absolute atomic E-state index is 12.2. The Morgan fingerprint density at radius 3 is 2.77 bits per heavy atom. The summed E-state index contributed by atoms with van der Waals surface area (Å²) in [5.41, 5.74) is -0.0599. The van der Waals surface area contributed by atoms with E-state index in [0.717, 1.165) is 0 Å². The van der Waals surface area contributed by atoms with Gasteiger partial charge in [0.1, 0.15) is 11.5 Å². The highest BCUT2D eigenvalue weighted by Crippen LogP contribution is 2.16. The van der Waals surface area contributed by atoms with Gasteiger partial charge < -0.3 is 15.2 Å². The number of ether oxygens (including phenoxy) is 1. The first-order chi connectivity index (χ1) is 10.4. The number of halogens is 1. The SMILES string of the molecule is C=CCOCC(NC(=O)c1nc(C(C)C)ncc1Cl)C(=O)O. The van der Waals surface area contributed by atoms with Gasteiger partial charge in [0.15, 0.2) is 6.04 Å². The summed E-state index contributed by atoms with van der Waals surface area (Å²) >= 11 is 5.91. The summed E-state index contributed by atoms with van der Waals surface area (Å²) in [5.74, 6) is -1.45. The van der Waals surface area contributed by atoms with Crippen molar-refractivity contribution in [2.45, 2.75) is 25.8 Å². The Labute approximate surface area is 133 Å². The minimum atomic E-state index is -1.22. The molecule has 0 fully saturated rings. The first kappa shape index (κ1) is 18.1. The molecule has 8 heteroatoms. The maximum Gasteiger partial charge on any atom is 0.328 e. The number of aliphatic carboxylic acids is 1. The Balaban J connectivity index is 2.87. The van der Waals surface area contributed by atoms with E-state index >= 15 is 0 Å². The zero-order valence-corrected chi connectivity index (χ0v) is 13.1. The van der Waals surface area contributed by atoms with Gasteiger partial charge in [0.05, 0.1) is 24.4 Å². The lowest BCUT2D eigenvalue weighted by atomic mass is 10.2. The maximum atomic E-state index is 12.2. The van der Waals surface area contributed by atoms with Gasteiger partial charge in [-0.25, -0.2) is 14.8 Å². The molecule has 1 atom stereocenters. The molecule has 0 saturated heterocycles. The normalized spacial score (nSPS) is 12.0. The highest BCUT2D eigenvalue weighted by Gasteiger charge is 2.23. The van der Waals surface area contributed by atoms with Crippen LogP contribution >= 0.6 is 11.6 Å². The lowest BCUT2D eigenvalue weighted by Crippen LogP contribution is -2.44. The van der Waals surface area contributed by atoms with E-state index in [0.29, 0.717) is 5.82 Å². The van der Waals surface area contributed by atoms with E-state index in [4.69, 9.17) is 21.4 Å². The number of carboxylic acids is 1. The van der Waals surface area contributed by atoms with Crippen LogP contribution < -0.4 is 5.32 Å². The third-order valence-corrected chi connectivity index (χ3v) is 2.89. The Morgan fingerprint density at radius 2 is 2.23 bits per heavy atom. The predicted molar refractivity (Wildman–Crippen MR) is 81.0 cm³/mol. The summed E-state index contributed by atoms with van der Waals surface area (Å²) in [6.45, 7) is 7.19. The fourth-order valence-corrected chi connectivity index (χ4v) is 1.67. The lowest BCUT2D eigenvalue weighted by Gasteiger charge is -2.15. The number of hydrogen-bond acceptors (Lipinski definition) is 5. The zero-order chi connectivity index (χ0) is 16.7. The van der Waals surface area contributed by atoms with Crippen molar-refractivity contribution in [2.24, 2.45) is 0 Å². The smallest absolute Gasteiger partial charge is 0.328 e. The second-order valence-corrected chi connectivity index (χ2v) is 5.18. The number of rotatable bonds is 8. The number of carboxylic acid groups (broad SMARTS) is 1. The quantitative estimate of drug-likeness (QED) is 0.556. The van der Waals surface area contributed by atoms with E-state index in [1.54, 1.807) is 0 Å². The number of nitrogens with one attached hydrogen (secondary N) is 1. The monoisotopic (exact) mass is 327 g/mol. The molecule has 1 rings (SSSR count). The van der Waals surface area contributed by atoms with Crippen molar-refractivity contribution >= 4 is 23.5 Å². The second-order valence-electron chi connectivity index (χ2n) is 4.77. The molecular weight excluding hydrogens is 310 g/mol.